The molecule has 4 aromatic carbocycles. The molecule has 1 atom stereocenters. The molecule has 7 nitrogen and oxygen atoms in total. The Balaban J connectivity index is 1.25. The van der Waals surface area contributed by atoms with Gasteiger partial charge in [0.15, 0.2) is 0 Å². The van der Waals surface area contributed by atoms with Crippen molar-refractivity contribution in [1.29, 1.82) is 0 Å². The molecule has 0 saturated carbocycles. The molecule has 0 saturated heterocycles. The van der Waals surface area contributed by atoms with Crippen LogP contribution in [0.4, 0.5) is 8.78 Å². The minimum atomic E-state index is -1.14. The van der Waals surface area contributed by atoms with E-state index in [1.165, 1.54) is 0 Å². The molecule has 1 unspecified atom stereocenters. The van der Waals surface area contributed by atoms with E-state index in [2.05, 4.69) is 36.2 Å². The summed E-state index contributed by atoms with van der Waals surface area (Å²) in [6, 6.07) is 22.9. The van der Waals surface area contributed by atoms with Crippen LogP contribution in [0.5, 0.6) is 0 Å². The topological polar surface area (TPSA) is 105 Å². The zero-order valence-corrected chi connectivity index (χ0v) is 23.8. The zero-order chi connectivity index (χ0) is 30.7. The first-order valence-electron chi connectivity index (χ1n) is 13.6. The van der Waals surface area contributed by atoms with Gasteiger partial charge in [0.2, 0.25) is 5.82 Å². The summed E-state index contributed by atoms with van der Waals surface area (Å²) >= 11 is 0. The fraction of sp³-hybridized carbons (Fsp3) is 0.176. The summed E-state index contributed by atoms with van der Waals surface area (Å²) in [6.07, 6.45) is 0.0805. The number of hydrogen-bond acceptors (Lipinski definition) is 5. The second-order valence-electron chi connectivity index (χ2n) is 11.2. The predicted octanol–water partition coefficient (Wildman–Crippen LogP) is 7.07. The van der Waals surface area contributed by atoms with Crippen molar-refractivity contribution in [2.24, 2.45) is 0 Å². The first kappa shape index (κ1) is 29.3. The van der Waals surface area contributed by atoms with Gasteiger partial charge < -0.3 is 14.9 Å². The van der Waals surface area contributed by atoms with E-state index in [0.29, 0.717) is 33.6 Å². The average molecular weight is 582 g/mol. The van der Waals surface area contributed by atoms with E-state index in [4.69, 9.17) is 4.52 Å². The molecular formula is C34H29F2N3O4. The van der Waals surface area contributed by atoms with E-state index in [9.17, 15) is 23.5 Å². The summed E-state index contributed by atoms with van der Waals surface area (Å²) in [4.78, 5) is 29.1. The molecule has 1 heterocycles. The smallest absolute Gasteiger partial charge is 0.326 e. The number of benzene rings is 4. The maximum Gasteiger partial charge on any atom is 0.326 e. The van der Waals surface area contributed by atoms with Gasteiger partial charge in [-0.2, -0.15) is 4.98 Å². The largest absolute Gasteiger partial charge is 0.480 e. The third-order valence-corrected chi connectivity index (χ3v) is 7.07. The lowest BCUT2D eigenvalue weighted by Gasteiger charge is -2.19. The van der Waals surface area contributed by atoms with Gasteiger partial charge in [-0.1, -0.05) is 74.5 Å². The highest BCUT2D eigenvalue weighted by molar-refractivity contribution is 5.96. The minimum Gasteiger partial charge on any atom is -0.480 e. The number of carboxylic acids is 1. The van der Waals surface area contributed by atoms with Crippen LogP contribution in [0.2, 0.25) is 0 Å². The van der Waals surface area contributed by atoms with Gasteiger partial charge in [0.1, 0.15) is 17.7 Å². The number of hydrogen-bond donors (Lipinski definition) is 2. The van der Waals surface area contributed by atoms with Crippen molar-refractivity contribution >= 4 is 11.9 Å². The van der Waals surface area contributed by atoms with Gasteiger partial charge in [-0.3, -0.25) is 4.79 Å². The van der Waals surface area contributed by atoms with E-state index in [1.807, 2.05) is 12.1 Å². The molecule has 0 spiro atoms. The summed E-state index contributed by atoms with van der Waals surface area (Å²) in [7, 11) is 0. The number of carboxylic acid groups (broad SMARTS) is 1. The molecule has 1 aromatic heterocycles. The van der Waals surface area contributed by atoms with Crippen LogP contribution in [0.15, 0.2) is 95.5 Å². The van der Waals surface area contributed by atoms with Gasteiger partial charge in [0.25, 0.3) is 11.8 Å². The highest BCUT2D eigenvalue weighted by atomic mass is 19.1. The Morgan fingerprint density at radius 1 is 0.860 bits per heavy atom. The fourth-order valence-electron chi connectivity index (χ4n) is 4.56. The Morgan fingerprint density at radius 2 is 1.49 bits per heavy atom. The molecule has 0 aliphatic carbocycles. The summed E-state index contributed by atoms with van der Waals surface area (Å²) < 4.78 is 33.1. The van der Waals surface area contributed by atoms with Crippen molar-refractivity contribution in [3.05, 3.63) is 119 Å². The monoisotopic (exact) mass is 581 g/mol. The summed E-state index contributed by atoms with van der Waals surface area (Å²) in [5.41, 5.74) is 4.00. The molecule has 1 amide bonds. The molecule has 0 aliphatic rings. The van der Waals surface area contributed by atoms with Crippen LogP contribution in [0.25, 0.3) is 34.0 Å². The SMILES string of the molecule is CC(C)(C)c1ccc(C(=O)NC(Cc2ccc(-c3noc(-c4ccc(-c5cc(F)ccc5F)cc4)n3)cc2)C(=O)O)cc1. The van der Waals surface area contributed by atoms with E-state index in [-0.39, 0.29) is 23.3 Å². The summed E-state index contributed by atoms with van der Waals surface area (Å²) in [5, 5.41) is 16.4. The van der Waals surface area contributed by atoms with Crippen LogP contribution in [0, 0.1) is 11.6 Å². The molecule has 0 bridgehead atoms. The van der Waals surface area contributed by atoms with Crippen LogP contribution in [-0.4, -0.2) is 33.2 Å². The average Bonchev–Trinajstić information content (AvgIpc) is 3.48. The van der Waals surface area contributed by atoms with Crippen molar-refractivity contribution < 1.29 is 28.0 Å². The maximum atomic E-state index is 14.1. The molecular weight excluding hydrogens is 552 g/mol. The summed E-state index contributed by atoms with van der Waals surface area (Å²) in [5.74, 6) is -2.09. The van der Waals surface area contributed by atoms with Crippen LogP contribution >= 0.6 is 0 Å². The Labute approximate surface area is 247 Å². The number of carbonyl (C=O) groups is 2. The number of amides is 1. The van der Waals surface area contributed by atoms with Crippen molar-refractivity contribution in [3.63, 3.8) is 0 Å². The first-order valence-corrected chi connectivity index (χ1v) is 13.6. The van der Waals surface area contributed by atoms with Gasteiger partial charge in [-0.05, 0) is 64.6 Å². The molecule has 9 heteroatoms. The molecule has 5 rings (SSSR count). The van der Waals surface area contributed by atoms with Crippen molar-refractivity contribution in [3.8, 4) is 34.0 Å². The zero-order valence-electron chi connectivity index (χ0n) is 23.8. The molecule has 0 radical (unpaired) electrons. The lowest BCUT2D eigenvalue weighted by atomic mass is 9.86. The molecule has 43 heavy (non-hydrogen) atoms. The second kappa shape index (κ2) is 12.0. The predicted molar refractivity (Wildman–Crippen MR) is 158 cm³/mol. The third kappa shape index (κ3) is 6.83. The molecule has 5 aromatic rings. The Morgan fingerprint density at radius 3 is 2.12 bits per heavy atom. The number of nitrogens with zero attached hydrogens (tertiary/aromatic N) is 2. The fourth-order valence-corrected chi connectivity index (χ4v) is 4.56. The number of aliphatic carboxylic acids is 1. The number of carbonyl (C=O) groups excluding carboxylic acids is 1. The summed E-state index contributed by atoms with van der Waals surface area (Å²) in [6.45, 7) is 6.22. The minimum absolute atomic E-state index is 0.0629. The number of nitrogens with one attached hydrogen (secondary N) is 1. The van der Waals surface area contributed by atoms with Crippen LogP contribution in [0.1, 0.15) is 42.3 Å². The van der Waals surface area contributed by atoms with Gasteiger partial charge in [0.05, 0.1) is 0 Å². The number of halogens is 2. The molecule has 218 valence electrons. The van der Waals surface area contributed by atoms with Crippen LogP contribution in [-0.2, 0) is 16.6 Å². The normalized spacial score (nSPS) is 12.1. The van der Waals surface area contributed by atoms with E-state index in [0.717, 1.165) is 23.8 Å². The van der Waals surface area contributed by atoms with Gasteiger partial charge in [-0.25, -0.2) is 13.6 Å². The Hall–Kier alpha value is -5.18. The van der Waals surface area contributed by atoms with Gasteiger partial charge in [-0.15, -0.1) is 0 Å². The highest BCUT2D eigenvalue weighted by Crippen LogP contribution is 2.28. The van der Waals surface area contributed by atoms with Gasteiger partial charge in [0, 0.05) is 28.7 Å². The first-order chi connectivity index (χ1) is 20.5. The standard InChI is InChI=1S/C34H29F2N3O4/c1-34(2,3)25-14-12-23(13-15-25)31(40)37-29(33(41)42)18-20-4-6-22(7-5-20)30-38-32(43-39-30)24-10-8-21(9-11-24)27-19-26(35)16-17-28(27)36/h4-17,19,29H,18H2,1-3H3,(H,37,40)(H,41,42). The number of rotatable bonds is 8. The van der Waals surface area contributed by atoms with E-state index >= 15 is 0 Å². The lowest BCUT2D eigenvalue weighted by Crippen LogP contribution is -2.42. The molecule has 2 N–H and O–H groups in total. The molecule has 0 fully saturated rings. The van der Waals surface area contributed by atoms with Crippen LogP contribution in [0.3, 0.4) is 0 Å². The van der Waals surface area contributed by atoms with Gasteiger partial charge >= 0.3 is 5.97 Å². The van der Waals surface area contributed by atoms with Crippen molar-refractivity contribution in [2.75, 3.05) is 0 Å². The third-order valence-electron chi connectivity index (χ3n) is 7.07. The second-order valence-corrected chi connectivity index (χ2v) is 11.2. The van der Waals surface area contributed by atoms with Crippen molar-refractivity contribution in [2.45, 2.75) is 38.6 Å². The lowest BCUT2D eigenvalue weighted by molar-refractivity contribution is -0.139. The van der Waals surface area contributed by atoms with Crippen molar-refractivity contribution in [1.82, 2.24) is 15.5 Å². The maximum absolute atomic E-state index is 14.1. The van der Waals surface area contributed by atoms with Crippen LogP contribution < -0.4 is 5.32 Å². The van der Waals surface area contributed by atoms with E-state index in [1.54, 1.807) is 60.7 Å². The Kier molecular flexibility index (Phi) is 8.16. The quantitative estimate of drug-likeness (QED) is 0.203. The number of aromatic nitrogens is 2. The molecule has 0 aliphatic heterocycles. The Bertz CT molecular complexity index is 1760. The highest BCUT2D eigenvalue weighted by Gasteiger charge is 2.22. The van der Waals surface area contributed by atoms with E-state index < -0.39 is 29.6 Å².